The van der Waals surface area contributed by atoms with E-state index in [9.17, 15) is 13.2 Å². The Kier molecular flexibility index (Phi) is 8.03. The molecule has 0 saturated carbocycles. The molecule has 0 saturated heterocycles. The normalized spacial score (nSPS) is 11.5. The minimum absolute atomic E-state index is 0.0261. The Balaban J connectivity index is 2.11. The second-order valence-electron chi connectivity index (χ2n) is 7.07. The highest BCUT2D eigenvalue weighted by molar-refractivity contribution is 7.89. The van der Waals surface area contributed by atoms with Crippen LogP contribution in [0.15, 0.2) is 89.8 Å². The molecule has 0 atom stereocenters. The van der Waals surface area contributed by atoms with E-state index in [0.29, 0.717) is 5.75 Å². The number of hydrogen-bond acceptors (Lipinski definition) is 5. The molecule has 3 aromatic rings. The highest BCUT2D eigenvalue weighted by atomic mass is 32.2. The third kappa shape index (κ3) is 5.55. The lowest BCUT2D eigenvalue weighted by atomic mass is 9.98. The summed E-state index contributed by atoms with van der Waals surface area (Å²) >= 11 is 0. The van der Waals surface area contributed by atoms with Crippen LogP contribution in [0, 0.1) is 0 Å². The van der Waals surface area contributed by atoms with Gasteiger partial charge in [-0.15, -0.1) is 0 Å². The zero-order valence-electron chi connectivity index (χ0n) is 18.2. The first kappa shape index (κ1) is 23.5. The lowest BCUT2D eigenvalue weighted by Crippen LogP contribution is -2.37. The van der Waals surface area contributed by atoms with Crippen LogP contribution >= 0.6 is 0 Å². The van der Waals surface area contributed by atoms with Crippen molar-refractivity contribution in [3.05, 3.63) is 96.1 Å². The van der Waals surface area contributed by atoms with Crippen LogP contribution in [-0.2, 0) is 19.6 Å². The summed E-state index contributed by atoms with van der Waals surface area (Å²) in [6, 6.07) is 24.4. The lowest BCUT2D eigenvalue weighted by molar-refractivity contribution is -0.143. The van der Waals surface area contributed by atoms with Crippen LogP contribution in [0.2, 0.25) is 0 Å². The van der Waals surface area contributed by atoms with Crippen molar-refractivity contribution >= 4 is 16.0 Å². The van der Waals surface area contributed by atoms with Crippen molar-refractivity contribution in [3.8, 4) is 5.75 Å². The molecule has 0 N–H and O–H groups in total. The molecule has 0 heterocycles. The number of carbonyl (C=O) groups excluding carboxylic acids is 1. The first-order valence-corrected chi connectivity index (χ1v) is 11.8. The number of ether oxygens (including phenoxy) is 2. The number of hydrogen-bond donors (Lipinski definition) is 0. The molecular formula is C25H27NO5S. The summed E-state index contributed by atoms with van der Waals surface area (Å²) in [5, 5.41) is 0. The van der Waals surface area contributed by atoms with E-state index in [0.717, 1.165) is 11.1 Å². The van der Waals surface area contributed by atoms with Gasteiger partial charge in [-0.2, -0.15) is 4.31 Å². The average molecular weight is 454 g/mol. The van der Waals surface area contributed by atoms with Gasteiger partial charge < -0.3 is 9.47 Å². The lowest BCUT2D eigenvalue weighted by Gasteiger charge is -2.31. The molecule has 0 aliphatic heterocycles. The molecule has 3 rings (SSSR count). The van der Waals surface area contributed by atoms with E-state index < -0.39 is 22.0 Å². The quantitative estimate of drug-likeness (QED) is 0.425. The monoisotopic (exact) mass is 453 g/mol. The van der Waals surface area contributed by atoms with Crippen molar-refractivity contribution in [2.75, 3.05) is 20.3 Å². The van der Waals surface area contributed by atoms with Gasteiger partial charge in [-0.1, -0.05) is 60.7 Å². The highest BCUT2D eigenvalue weighted by Crippen LogP contribution is 2.34. The molecule has 0 amide bonds. The molecule has 0 aliphatic carbocycles. The van der Waals surface area contributed by atoms with Gasteiger partial charge in [0.15, 0.2) is 0 Å². The summed E-state index contributed by atoms with van der Waals surface area (Å²) in [6.45, 7) is 1.94. The number of nitrogens with zero attached hydrogens (tertiary/aromatic N) is 1. The molecule has 168 valence electrons. The number of methoxy groups -OCH3 is 1. The largest absolute Gasteiger partial charge is 0.497 e. The third-order valence-corrected chi connectivity index (χ3v) is 6.91. The fourth-order valence-corrected chi connectivity index (χ4v) is 5.10. The summed E-state index contributed by atoms with van der Waals surface area (Å²) in [6.07, 6.45) is -0.0562. The van der Waals surface area contributed by atoms with Crippen LogP contribution in [0.3, 0.4) is 0 Å². The molecule has 6 nitrogen and oxygen atoms in total. The zero-order chi connectivity index (χ0) is 23.0. The maximum atomic E-state index is 13.8. The standard InChI is InChI=1S/C25H27NO5S/c1-3-31-24(27)18-19-26(32(28,29)23-16-14-22(30-2)15-17-23)25(20-10-6-4-7-11-20)21-12-8-5-9-13-21/h4-17,25H,3,18-19H2,1-2H3. The van der Waals surface area contributed by atoms with Crippen molar-refractivity contribution < 1.29 is 22.7 Å². The Bertz CT molecular complexity index is 1060. The van der Waals surface area contributed by atoms with Gasteiger partial charge >= 0.3 is 5.97 Å². The number of esters is 1. The molecule has 0 fully saturated rings. The Morgan fingerprint density at radius 2 is 1.41 bits per heavy atom. The van der Waals surface area contributed by atoms with E-state index in [1.807, 2.05) is 60.7 Å². The van der Waals surface area contributed by atoms with Crippen molar-refractivity contribution in [1.29, 1.82) is 0 Å². The van der Waals surface area contributed by atoms with Gasteiger partial charge in [-0.25, -0.2) is 8.42 Å². The molecule has 0 spiro atoms. The van der Waals surface area contributed by atoms with Gasteiger partial charge in [0, 0.05) is 6.54 Å². The fraction of sp³-hybridized carbons (Fsp3) is 0.240. The van der Waals surface area contributed by atoms with Crippen molar-refractivity contribution in [2.45, 2.75) is 24.3 Å². The number of carbonyl (C=O) groups is 1. The smallest absolute Gasteiger partial charge is 0.307 e. The SMILES string of the molecule is CCOC(=O)CCN(C(c1ccccc1)c1ccccc1)S(=O)(=O)c1ccc(OC)cc1. The van der Waals surface area contributed by atoms with Crippen molar-refractivity contribution in [2.24, 2.45) is 0 Å². The molecule has 0 bridgehead atoms. The van der Waals surface area contributed by atoms with E-state index in [1.165, 1.54) is 23.5 Å². The minimum Gasteiger partial charge on any atom is -0.497 e. The summed E-state index contributed by atoms with van der Waals surface area (Å²) in [5.41, 5.74) is 1.61. The summed E-state index contributed by atoms with van der Waals surface area (Å²) in [5.74, 6) is 0.118. The summed E-state index contributed by atoms with van der Waals surface area (Å²) < 4.78 is 39.2. The molecule has 0 aromatic heterocycles. The van der Waals surface area contributed by atoms with Gasteiger partial charge in [-0.3, -0.25) is 4.79 Å². The van der Waals surface area contributed by atoms with E-state index in [2.05, 4.69) is 0 Å². The molecule has 0 aliphatic rings. The van der Waals surface area contributed by atoms with E-state index in [-0.39, 0.29) is 24.5 Å². The van der Waals surface area contributed by atoms with Gasteiger partial charge in [-0.05, 0) is 42.3 Å². The number of sulfonamides is 1. The fourth-order valence-electron chi connectivity index (χ4n) is 3.50. The van der Waals surface area contributed by atoms with E-state index in [4.69, 9.17) is 9.47 Å². The Morgan fingerprint density at radius 1 is 0.875 bits per heavy atom. The molecule has 3 aromatic carbocycles. The van der Waals surface area contributed by atoms with Crippen LogP contribution in [0.1, 0.15) is 30.5 Å². The predicted molar refractivity (Wildman–Crippen MR) is 123 cm³/mol. The van der Waals surface area contributed by atoms with Gasteiger partial charge in [0.05, 0.1) is 31.1 Å². The maximum absolute atomic E-state index is 13.8. The molecule has 0 radical (unpaired) electrons. The van der Waals surface area contributed by atoms with Crippen LogP contribution < -0.4 is 4.74 Å². The van der Waals surface area contributed by atoms with Crippen LogP contribution in [0.4, 0.5) is 0 Å². The molecular weight excluding hydrogens is 426 g/mol. The van der Waals surface area contributed by atoms with Gasteiger partial charge in [0.2, 0.25) is 10.0 Å². The first-order valence-electron chi connectivity index (χ1n) is 10.4. The van der Waals surface area contributed by atoms with Gasteiger partial charge in [0.1, 0.15) is 5.75 Å². The van der Waals surface area contributed by atoms with Crippen LogP contribution in [-0.4, -0.2) is 39.0 Å². The Labute approximate surface area is 189 Å². The average Bonchev–Trinajstić information content (AvgIpc) is 2.83. The maximum Gasteiger partial charge on any atom is 0.307 e. The second kappa shape index (κ2) is 10.9. The highest BCUT2D eigenvalue weighted by Gasteiger charge is 2.34. The molecule has 7 heteroatoms. The third-order valence-electron chi connectivity index (χ3n) is 5.03. The van der Waals surface area contributed by atoms with Crippen molar-refractivity contribution in [1.82, 2.24) is 4.31 Å². The van der Waals surface area contributed by atoms with E-state index >= 15 is 0 Å². The predicted octanol–water partition coefficient (Wildman–Crippen LogP) is 4.43. The molecule has 0 unspecified atom stereocenters. The summed E-state index contributed by atoms with van der Waals surface area (Å²) in [7, 11) is -2.44. The van der Waals surface area contributed by atoms with Crippen LogP contribution in [0.25, 0.3) is 0 Å². The number of benzene rings is 3. The van der Waals surface area contributed by atoms with E-state index in [1.54, 1.807) is 19.1 Å². The van der Waals surface area contributed by atoms with Crippen molar-refractivity contribution in [3.63, 3.8) is 0 Å². The topological polar surface area (TPSA) is 72.9 Å². The summed E-state index contributed by atoms with van der Waals surface area (Å²) in [4.78, 5) is 12.3. The second-order valence-corrected chi connectivity index (χ2v) is 8.96. The zero-order valence-corrected chi connectivity index (χ0v) is 19.0. The first-order chi connectivity index (χ1) is 15.5. The minimum atomic E-state index is -3.96. The Hall–Kier alpha value is -3.16. The number of rotatable bonds is 10. The van der Waals surface area contributed by atoms with Crippen LogP contribution in [0.5, 0.6) is 5.75 Å². The Morgan fingerprint density at radius 3 is 1.88 bits per heavy atom. The molecule has 32 heavy (non-hydrogen) atoms. The van der Waals surface area contributed by atoms with Gasteiger partial charge in [0.25, 0.3) is 0 Å².